The summed E-state index contributed by atoms with van der Waals surface area (Å²) in [4.78, 5) is 12.5. The lowest BCUT2D eigenvalue weighted by atomic mass is 9.98. The molecule has 6 nitrogen and oxygen atoms in total. The van der Waals surface area contributed by atoms with Gasteiger partial charge in [0, 0.05) is 35.3 Å². The zero-order valence-corrected chi connectivity index (χ0v) is 21.6. The lowest BCUT2D eigenvalue weighted by molar-refractivity contribution is 0.122. The summed E-state index contributed by atoms with van der Waals surface area (Å²) in [5.74, 6) is 3.39. The Labute approximate surface area is 216 Å². The first kappa shape index (κ1) is 22.9. The van der Waals surface area contributed by atoms with Gasteiger partial charge in [0.05, 0.1) is 30.7 Å². The maximum atomic E-state index is 13.6. The van der Waals surface area contributed by atoms with E-state index >= 15 is 0 Å². The van der Waals surface area contributed by atoms with Crippen molar-refractivity contribution in [2.75, 3.05) is 42.0 Å². The highest BCUT2D eigenvalue weighted by molar-refractivity contribution is 9.10. The number of halogens is 2. The molecule has 180 valence electrons. The van der Waals surface area contributed by atoms with Crippen molar-refractivity contribution in [1.82, 2.24) is 9.97 Å². The average Bonchev–Trinajstić information content (AvgIpc) is 3.35. The number of hydrogen-bond donors (Lipinski definition) is 0. The second kappa shape index (κ2) is 9.87. The highest BCUT2D eigenvalue weighted by Crippen LogP contribution is 2.39. The SMILES string of the molecule is Fc1ccc(C2=NN(c3nc4c(c(N5CCOCC5)n3)CSCC4)C(c3ccc(Br)cc3)C2)cc1. The molecule has 3 aliphatic rings. The summed E-state index contributed by atoms with van der Waals surface area (Å²) >= 11 is 5.48. The number of benzene rings is 2. The summed E-state index contributed by atoms with van der Waals surface area (Å²) in [5.41, 5.74) is 5.32. The second-order valence-electron chi connectivity index (χ2n) is 8.84. The van der Waals surface area contributed by atoms with E-state index in [1.807, 2.05) is 28.9 Å². The first-order valence-corrected chi connectivity index (χ1v) is 13.8. The number of morpholine rings is 1. The van der Waals surface area contributed by atoms with Crippen LogP contribution in [0.25, 0.3) is 0 Å². The summed E-state index contributed by atoms with van der Waals surface area (Å²) < 4.78 is 20.2. The minimum atomic E-state index is -0.250. The van der Waals surface area contributed by atoms with Crippen LogP contribution in [0.4, 0.5) is 16.2 Å². The van der Waals surface area contributed by atoms with E-state index in [1.165, 1.54) is 17.7 Å². The summed E-state index contributed by atoms with van der Waals surface area (Å²) in [6, 6.07) is 14.8. The Bertz CT molecular complexity index is 1250. The molecule has 3 aliphatic heterocycles. The number of hydrogen-bond acceptors (Lipinski definition) is 7. The molecule has 9 heteroatoms. The number of thioether (sulfide) groups is 1. The Morgan fingerprint density at radius 3 is 2.54 bits per heavy atom. The number of nitrogens with zero attached hydrogens (tertiary/aromatic N) is 5. The zero-order chi connectivity index (χ0) is 23.8. The molecular weight excluding hydrogens is 529 g/mol. The van der Waals surface area contributed by atoms with Crippen molar-refractivity contribution in [2.45, 2.75) is 24.6 Å². The minimum absolute atomic E-state index is 0.0447. The van der Waals surface area contributed by atoms with E-state index in [-0.39, 0.29) is 11.9 Å². The Morgan fingerprint density at radius 2 is 1.77 bits per heavy atom. The van der Waals surface area contributed by atoms with E-state index in [2.05, 4.69) is 33.0 Å². The number of fused-ring (bicyclic) bond motifs is 1. The molecule has 6 rings (SSSR count). The standard InChI is InChI=1S/C26H25BrFN5OS/c27-19-5-1-18(2-6-19)24-15-23(17-3-7-20(28)8-4-17)31-33(24)26-29-22-9-14-35-16-21(22)25(30-26)32-10-12-34-13-11-32/h1-8,24H,9-16H2. The highest BCUT2D eigenvalue weighted by atomic mass is 79.9. The summed E-state index contributed by atoms with van der Waals surface area (Å²) in [5, 5.41) is 6.98. The second-order valence-corrected chi connectivity index (χ2v) is 10.9. The normalized spacial score (nSPS) is 20.1. The Morgan fingerprint density at radius 1 is 1.00 bits per heavy atom. The molecule has 35 heavy (non-hydrogen) atoms. The van der Waals surface area contributed by atoms with Crippen LogP contribution in [-0.4, -0.2) is 47.7 Å². The van der Waals surface area contributed by atoms with Crippen LogP contribution in [0.1, 0.15) is 34.8 Å². The molecule has 0 amide bonds. The fourth-order valence-corrected chi connectivity index (χ4v) is 6.04. The first-order chi connectivity index (χ1) is 17.2. The van der Waals surface area contributed by atoms with Crippen LogP contribution < -0.4 is 9.91 Å². The third kappa shape index (κ3) is 4.69. The number of rotatable bonds is 4. The van der Waals surface area contributed by atoms with Gasteiger partial charge in [-0.1, -0.05) is 40.2 Å². The molecule has 1 atom stereocenters. The first-order valence-electron chi connectivity index (χ1n) is 11.8. The Kier molecular flexibility index (Phi) is 6.47. The predicted molar refractivity (Wildman–Crippen MR) is 142 cm³/mol. The molecule has 2 aromatic carbocycles. The third-order valence-corrected chi connectivity index (χ3v) is 8.16. The van der Waals surface area contributed by atoms with Crippen molar-refractivity contribution in [3.63, 3.8) is 0 Å². The molecule has 0 aliphatic carbocycles. The third-order valence-electron chi connectivity index (χ3n) is 6.65. The smallest absolute Gasteiger partial charge is 0.249 e. The molecule has 1 fully saturated rings. The van der Waals surface area contributed by atoms with Crippen molar-refractivity contribution in [1.29, 1.82) is 0 Å². The monoisotopic (exact) mass is 553 g/mol. The van der Waals surface area contributed by atoms with Crippen molar-refractivity contribution < 1.29 is 9.13 Å². The van der Waals surface area contributed by atoms with Crippen LogP contribution in [0.2, 0.25) is 0 Å². The van der Waals surface area contributed by atoms with Crippen molar-refractivity contribution in [2.24, 2.45) is 5.10 Å². The van der Waals surface area contributed by atoms with Crippen LogP contribution >= 0.6 is 27.7 Å². The van der Waals surface area contributed by atoms with E-state index < -0.39 is 0 Å². The van der Waals surface area contributed by atoms with E-state index in [0.29, 0.717) is 25.6 Å². The van der Waals surface area contributed by atoms with Crippen LogP contribution in [0.15, 0.2) is 58.1 Å². The Balaban J connectivity index is 1.45. The van der Waals surface area contributed by atoms with E-state index in [0.717, 1.165) is 63.8 Å². The Hall–Kier alpha value is -2.49. The molecule has 3 aromatic rings. The topological polar surface area (TPSA) is 53.9 Å². The van der Waals surface area contributed by atoms with Gasteiger partial charge >= 0.3 is 0 Å². The van der Waals surface area contributed by atoms with E-state index in [9.17, 15) is 4.39 Å². The lowest BCUT2D eigenvalue weighted by Crippen LogP contribution is -2.38. The van der Waals surface area contributed by atoms with Crippen LogP contribution in [-0.2, 0) is 16.9 Å². The molecule has 0 spiro atoms. The number of aromatic nitrogens is 2. The molecule has 0 bridgehead atoms. The van der Waals surface area contributed by atoms with Crippen molar-refractivity contribution >= 4 is 45.2 Å². The summed E-state index contributed by atoms with van der Waals surface area (Å²) in [6.45, 7) is 3.07. The van der Waals surface area contributed by atoms with Crippen molar-refractivity contribution in [3.05, 3.63) is 81.2 Å². The molecular formula is C26H25BrFN5OS. The van der Waals surface area contributed by atoms with E-state index in [1.54, 1.807) is 12.1 Å². The number of aryl methyl sites for hydroxylation is 1. The van der Waals surface area contributed by atoms with Gasteiger partial charge in [0.2, 0.25) is 5.95 Å². The van der Waals surface area contributed by atoms with E-state index in [4.69, 9.17) is 19.8 Å². The van der Waals surface area contributed by atoms with Gasteiger partial charge in [-0.25, -0.2) is 14.4 Å². The molecule has 1 aromatic heterocycles. The average molecular weight is 554 g/mol. The predicted octanol–water partition coefficient (Wildman–Crippen LogP) is 5.36. The number of anilines is 2. The molecule has 0 saturated carbocycles. The van der Waals surface area contributed by atoms with Crippen molar-refractivity contribution in [3.8, 4) is 0 Å². The number of hydrazone groups is 1. The van der Waals surface area contributed by atoms with Gasteiger partial charge in [-0.05, 0) is 47.6 Å². The quantitative estimate of drug-likeness (QED) is 0.433. The largest absolute Gasteiger partial charge is 0.378 e. The molecule has 1 unspecified atom stereocenters. The maximum Gasteiger partial charge on any atom is 0.249 e. The number of ether oxygens (including phenoxy) is 1. The van der Waals surface area contributed by atoms with Gasteiger partial charge < -0.3 is 9.64 Å². The van der Waals surface area contributed by atoms with Gasteiger partial charge in [-0.3, -0.25) is 0 Å². The molecule has 0 N–H and O–H groups in total. The van der Waals surface area contributed by atoms with Crippen LogP contribution in [0, 0.1) is 5.82 Å². The van der Waals surface area contributed by atoms with Crippen LogP contribution in [0.3, 0.4) is 0 Å². The van der Waals surface area contributed by atoms with Gasteiger partial charge in [-0.2, -0.15) is 21.8 Å². The van der Waals surface area contributed by atoms with Gasteiger partial charge in [0.25, 0.3) is 0 Å². The molecule has 0 radical (unpaired) electrons. The maximum absolute atomic E-state index is 13.6. The fourth-order valence-electron chi connectivity index (χ4n) is 4.80. The van der Waals surface area contributed by atoms with Gasteiger partial charge in [0.1, 0.15) is 11.6 Å². The summed E-state index contributed by atoms with van der Waals surface area (Å²) in [7, 11) is 0. The highest BCUT2D eigenvalue weighted by Gasteiger charge is 2.34. The van der Waals surface area contributed by atoms with Crippen LogP contribution in [0.5, 0.6) is 0 Å². The molecule has 4 heterocycles. The zero-order valence-electron chi connectivity index (χ0n) is 19.2. The van der Waals surface area contributed by atoms with Gasteiger partial charge in [-0.15, -0.1) is 0 Å². The summed E-state index contributed by atoms with van der Waals surface area (Å²) in [6.07, 6.45) is 1.62. The lowest BCUT2D eigenvalue weighted by Gasteiger charge is -2.32. The molecule has 1 saturated heterocycles. The minimum Gasteiger partial charge on any atom is -0.378 e. The van der Waals surface area contributed by atoms with Gasteiger partial charge in [0.15, 0.2) is 0 Å². The fraction of sp³-hybridized carbons (Fsp3) is 0.346.